The first kappa shape index (κ1) is 15.8. The van der Waals surface area contributed by atoms with Crippen LogP contribution in [0.5, 0.6) is 0 Å². The molecule has 20 heavy (non-hydrogen) atoms. The maximum Gasteiger partial charge on any atom is 0.327 e. The van der Waals surface area contributed by atoms with Gasteiger partial charge in [0.25, 0.3) is 0 Å². The van der Waals surface area contributed by atoms with E-state index in [0.29, 0.717) is 6.61 Å². The number of carbonyl (C=O) groups is 1. The standard InChI is InChI=1S/C16H30N2O2/c1-5-20-15(19)16(4,17-12(2)3)11-18-9-13-7-6-8-14(13)10-18/h12-14,17H,5-11H2,1-4H3. The van der Waals surface area contributed by atoms with Crippen molar-refractivity contribution in [3.63, 3.8) is 0 Å². The molecule has 1 saturated carbocycles. The molecule has 0 bridgehead atoms. The summed E-state index contributed by atoms with van der Waals surface area (Å²) < 4.78 is 5.28. The Kier molecular flexibility index (Phi) is 5.08. The summed E-state index contributed by atoms with van der Waals surface area (Å²) in [5.74, 6) is 1.60. The maximum absolute atomic E-state index is 12.3. The molecule has 3 atom stereocenters. The summed E-state index contributed by atoms with van der Waals surface area (Å²) in [5.41, 5.74) is -0.594. The largest absolute Gasteiger partial charge is 0.465 e. The second-order valence-electron chi connectivity index (χ2n) is 7.00. The molecule has 3 unspecified atom stereocenters. The predicted octanol–water partition coefficient (Wildman–Crippen LogP) is 2.04. The Morgan fingerprint density at radius 3 is 2.45 bits per heavy atom. The fourth-order valence-corrected chi connectivity index (χ4v) is 4.01. The molecule has 0 aromatic heterocycles. The third-order valence-electron chi connectivity index (χ3n) is 4.67. The number of ether oxygens (including phenoxy) is 1. The average molecular weight is 282 g/mol. The minimum atomic E-state index is -0.594. The van der Waals surface area contributed by atoms with Crippen LogP contribution in [-0.2, 0) is 9.53 Å². The van der Waals surface area contributed by atoms with E-state index in [1.165, 1.54) is 19.3 Å². The van der Waals surface area contributed by atoms with Crippen LogP contribution in [0.15, 0.2) is 0 Å². The van der Waals surface area contributed by atoms with Gasteiger partial charge < -0.3 is 9.64 Å². The van der Waals surface area contributed by atoms with E-state index in [2.05, 4.69) is 24.1 Å². The maximum atomic E-state index is 12.3. The third kappa shape index (κ3) is 3.53. The fourth-order valence-electron chi connectivity index (χ4n) is 4.01. The van der Waals surface area contributed by atoms with Crippen LogP contribution in [-0.4, -0.2) is 48.7 Å². The normalized spacial score (nSPS) is 29.4. The van der Waals surface area contributed by atoms with Crippen LogP contribution in [0.3, 0.4) is 0 Å². The lowest BCUT2D eigenvalue weighted by Gasteiger charge is -2.34. The van der Waals surface area contributed by atoms with Gasteiger partial charge in [0.2, 0.25) is 0 Å². The molecule has 4 heteroatoms. The van der Waals surface area contributed by atoms with Crippen LogP contribution in [0.1, 0.15) is 47.0 Å². The van der Waals surface area contributed by atoms with Crippen molar-refractivity contribution in [3.05, 3.63) is 0 Å². The van der Waals surface area contributed by atoms with E-state index in [-0.39, 0.29) is 12.0 Å². The van der Waals surface area contributed by atoms with Gasteiger partial charge in [0.15, 0.2) is 0 Å². The molecule has 0 amide bonds. The number of hydrogen-bond acceptors (Lipinski definition) is 4. The van der Waals surface area contributed by atoms with Crippen molar-refractivity contribution in [1.82, 2.24) is 10.2 Å². The summed E-state index contributed by atoms with van der Waals surface area (Å²) in [6.45, 7) is 11.5. The Morgan fingerprint density at radius 2 is 1.95 bits per heavy atom. The molecule has 2 rings (SSSR count). The molecule has 1 heterocycles. The number of esters is 1. The number of nitrogens with one attached hydrogen (secondary N) is 1. The first-order valence-electron chi connectivity index (χ1n) is 8.12. The van der Waals surface area contributed by atoms with E-state index in [4.69, 9.17) is 4.74 Å². The molecular formula is C16H30N2O2. The number of rotatable bonds is 6. The third-order valence-corrected chi connectivity index (χ3v) is 4.67. The molecule has 1 N–H and O–H groups in total. The van der Waals surface area contributed by atoms with Crippen LogP contribution in [0, 0.1) is 11.8 Å². The molecular weight excluding hydrogens is 252 g/mol. The lowest BCUT2D eigenvalue weighted by atomic mass is 10.0. The van der Waals surface area contributed by atoms with Crippen molar-refractivity contribution in [2.75, 3.05) is 26.2 Å². The van der Waals surface area contributed by atoms with Gasteiger partial charge in [0, 0.05) is 25.7 Å². The number of fused-ring (bicyclic) bond motifs is 1. The summed E-state index contributed by atoms with van der Waals surface area (Å²) in [6, 6.07) is 0.270. The van der Waals surface area contributed by atoms with Crippen molar-refractivity contribution in [2.24, 2.45) is 11.8 Å². The lowest BCUT2D eigenvalue weighted by molar-refractivity contribution is -0.151. The zero-order valence-electron chi connectivity index (χ0n) is 13.4. The number of likely N-dealkylation sites (tertiary alicyclic amines) is 1. The molecule has 2 fully saturated rings. The molecule has 0 aromatic carbocycles. The summed E-state index contributed by atoms with van der Waals surface area (Å²) in [5, 5.41) is 3.42. The Bertz CT molecular complexity index is 333. The highest BCUT2D eigenvalue weighted by atomic mass is 16.5. The Labute approximate surface area is 123 Å². The quantitative estimate of drug-likeness (QED) is 0.757. The molecule has 1 aliphatic carbocycles. The second-order valence-corrected chi connectivity index (χ2v) is 7.00. The van der Waals surface area contributed by atoms with Gasteiger partial charge in [0.1, 0.15) is 5.54 Å². The van der Waals surface area contributed by atoms with Crippen molar-refractivity contribution >= 4 is 5.97 Å². The monoisotopic (exact) mass is 282 g/mol. The van der Waals surface area contributed by atoms with Crippen molar-refractivity contribution in [3.8, 4) is 0 Å². The zero-order chi connectivity index (χ0) is 14.8. The smallest absolute Gasteiger partial charge is 0.327 e. The highest BCUT2D eigenvalue weighted by Gasteiger charge is 2.42. The summed E-state index contributed by atoms with van der Waals surface area (Å²) in [7, 11) is 0. The van der Waals surface area contributed by atoms with Gasteiger partial charge in [-0.05, 0) is 52.4 Å². The van der Waals surface area contributed by atoms with Crippen molar-refractivity contribution < 1.29 is 9.53 Å². The average Bonchev–Trinajstić information content (AvgIpc) is 2.88. The van der Waals surface area contributed by atoms with Gasteiger partial charge in [0.05, 0.1) is 6.61 Å². The van der Waals surface area contributed by atoms with E-state index in [1.54, 1.807) is 0 Å². The van der Waals surface area contributed by atoms with Gasteiger partial charge in [-0.15, -0.1) is 0 Å². The topological polar surface area (TPSA) is 41.6 Å². The first-order chi connectivity index (χ1) is 9.44. The summed E-state index contributed by atoms with van der Waals surface area (Å²) in [4.78, 5) is 14.8. The summed E-state index contributed by atoms with van der Waals surface area (Å²) >= 11 is 0. The van der Waals surface area contributed by atoms with Gasteiger partial charge in [-0.1, -0.05) is 6.42 Å². The van der Waals surface area contributed by atoms with Crippen LogP contribution >= 0.6 is 0 Å². The zero-order valence-corrected chi connectivity index (χ0v) is 13.4. The van der Waals surface area contributed by atoms with Gasteiger partial charge in [-0.3, -0.25) is 10.1 Å². The lowest BCUT2D eigenvalue weighted by Crippen LogP contribution is -2.59. The van der Waals surface area contributed by atoms with Gasteiger partial charge in [-0.2, -0.15) is 0 Å². The highest BCUT2D eigenvalue weighted by Crippen LogP contribution is 2.38. The Balaban J connectivity index is 1.98. The van der Waals surface area contributed by atoms with E-state index < -0.39 is 5.54 Å². The van der Waals surface area contributed by atoms with Gasteiger partial charge >= 0.3 is 5.97 Å². The fraction of sp³-hybridized carbons (Fsp3) is 0.938. The van der Waals surface area contributed by atoms with Crippen LogP contribution < -0.4 is 5.32 Å². The summed E-state index contributed by atoms with van der Waals surface area (Å²) in [6.07, 6.45) is 4.13. The molecule has 0 aromatic rings. The minimum absolute atomic E-state index is 0.120. The van der Waals surface area contributed by atoms with E-state index >= 15 is 0 Å². The molecule has 116 valence electrons. The molecule has 4 nitrogen and oxygen atoms in total. The second kappa shape index (κ2) is 6.44. The number of carbonyl (C=O) groups excluding carboxylic acids is 1. The molecule has 0 spiro atoms. The van der Waals surface area contributed by atoms with E-state index in [9.17, 15) is 4.79 Å². The van der Waals surface area contributed by atoms with Crippen molar-refractivity contribution in [2.45, 2.75) is 58.5 Å². The number of hydrogen-bond donors (Lipinski definition) is 1. The van der Waals surface area contributed by atoms with Gasteiger partial charge in [-0.25, -0.2) is 0 Å². The Morgan fingerprint density at radius 1 is 1.35 bits per heavy atom. The van der Waals surface area contributed by atoms with E-state index in [1.807, 2.05) is 13.8 Å². The molecule has 2 aliphatic rings. The SMILES string of the molecule is CCOC(=O)C(C)(CN1CC2CCCC2C1)NC(C)C. The molecule has 1 saturated heterocycles. The first-order valence-corrected chi connectivity index (χ1v) is 8.12. The van der Waals surface area contributed by atoms with Crippen molar-refractivity contribution in [1.29, 1.82) is 0 Å². The van der Waals surface area contributed by atoms with Crippen LogP contribution in [0.25, 0.3) is 0 Å². The number of nitrogens with zero attached hydrogens (tertiary/aromatic N) is 1. The molecule has 1 aliphatic heterocycles. The van der Waals surface area contributed by atoms with E-state index in [0.717, 1.165) is 31.5 Å². The highest BCUT2D eigenvalue weighted by molar-refractivity contribution is 5.80. The molecule has 0 radical (unpaired) electrons. The van der Waals surface area contributed by atoms with Crippen LogP contribution in [0.4, 0.5) is 0 Å². The minimum Gasteiger partial charge on any atom is -0.465 e. The predicted molar refractivity (Wildman–Crippen MR) is 80.6 cm³/mol. The Hall–Kier alpha value is -0.610. The van der Waals surface area contributed by atoms with Crippen LogP contribution in [0.2, 0.25) is 0 Å².